The van der Waals surface area contributed by atoms with Gasteiger partial charge in [0, 0.05) is 23.0 Å². The smallest absolute Gasteiger partial charge is 0.269 e. The molecule has 5 aromatic rings. The van der Waals surface area contributed by atoms with E-state index in [-0.39, 0.29) is 11.6 Å². The summed E-state index contributed by atoms with van der Waals surface area (Å²) in [6.07, 6.45) is 1.62. The number of benzene rings is 3. The van der Waals surface area contributed by atoms with E-state index >= 15 is 0 Å². The molecule has 0 aliphatic heterocycles. The molecular formula is C23H17N7O3. The van der Waals surface area contributed by atoms with Crippen molar-refractivity contribution in [3.05, 3.63) is 94.0 Å². The van der Waals surface area contributed by atoms with Crippen molar-refractivity contribution in [2.75, 3.05) is 5.43 Å². The standard InChI is InChI=1S/C23H17N7O3/c31-30(32)17-10-8-15(9-11-17)14-33-18-5-3-4-16(12-18)13-24-28-23-26-22-21(27-29-23)19-6-1-2-7-20(19)25-22/h1-13H,14H2,(H2,25,26,28,29)/b24-13+. The fourth-order valence-electron chi connectivity index (χ4n) is 3.30. The van der Waals surface area contributed by atoms with Crippen LogP contribution in [0.15, 0.2) is 77.9 Å². The van der Waals surface area contributed by atoms with Crippen molar-refractivity contribution >= 4 is 39.9 Å². The second kappa shape index (κ2) is 8.71. The number of H-pyrrole nitrogens is 1. The summed E-state index contributed by atoms with van der Waals surface area (Å²) in [5.74, 6) is 0.922. The Morgan fingerprint density at radius 3 is 2.76 bits per heavy atom. The fourth-order valence-corrected chi connectivity index (χ4v) is 3.30. The largest absolute Gasteiger partial charge is 0.489 e. The normalized spacial score (nSPS) is 11.3. The number of aromatic amines is 1. The number of nitro benzene ring substituents is 1. The lowest BCUT2D eigenvalue weighted by atomic mass is 10.2. The molecule has 0 amide bonds. The van der Waals surface area contributed by atoms with Gasteiger partial charge in [-0.3, -0.25) is 10.1 Å². The van der Waals surface area contributed by atoms with Crippen molar-refractivity contribution in [3.8, 4) is 5.75 Å². The zero-order valence-corrected chi connectivity index (χ0v) is 17.2. The van der Waals surface area contributed by atoms with Gasteiger partial charge < -0.3 is 9.72 Å². The molecule has 0 spiro atoms. The third-order valence-electron chi connectivity index (χ3n) is 4.91. The Morgan fingerprint density at radius 2 is 1.91 bits per heavy atom. The molecule has 10 heteroatoms. The van der Waals surface area contributed by atoms with E-state index in [1.165, 1.54) is 12.1 Å². The van der Waals surface area contributed by atoms with Crippen LogP contribution in [0.25, 0.3) is 22.1 Å². The molecule has 162 valence electrons. The Bertz CT molecular complexity index is 1480. The molecule has 0 unspecified atom stereocenters. The summed E-state index contributed by atoms with van der Waals surface area (Å²) in [6.45, 7) is 0.293. The van der Waals surface area contributed by atoms with E-state index < -0.39 is 4.92 Å². The van der Waals surface area contributed by atoms with E-state index in [9.17, 15) is 10.1 Å². The summed E-state index contributed by atoms with van der Waals surface area (Å²) in [7, 11) is 0. The third kappa shape index (κ3) is 4.44. The van der Waals surface area contributed by atoms with E-state index in [1.807, 2.05) is 48.5 Å². The highest BCUT2D eigenvalue weighted by atomic mass is 16.6. The van der Waals surface area contributed by atoms with Crippen LogP contribution in [0.4, 0.5) is 11.6 Å². The number of fused-ring (bicyclic) bond motifs is 3. The summed E-state index contributed by atoms with van der Waals surface area (Å²) >= 11 is 0. The minimum absolute atomic E-state index is 0.0485. The first kappa shape index (κ1) is 20.1. The molecule has 10 nitrogen and oxygen atoms in total. The maximum absolute atomic E-state index is 10.7. The highest BCUT2D eigenvalue weighted by Gasteiger charge is 2.08. The van der Waals surface area contributed by atoms with E-state index in [0.717, 1.165) is 22.0 Å². The van der Waals surface area contributed by atoms with Crippen LogP contribution in [0.5, 0.6) is 5.75 Å². The van der Waals surface area contributed by atoms with Crippen molar-refractivity contribution in [2.45, 2.75) is 6.61 Å². The number of anilines is 1. The molecule has 2 aromatic heterocycles. The highest BCUT2D eigenvalue weighted by molar-refractivity contribution is 6.03. The number of nitrogens with one attached hydrogen (secondary N) is 2. The van der Waals surface area contributed by atoms with Gasteiger partial charge in [-0.05, 0) is 41.5 Å². The van der Waals surface area contributed by atoms with Gasteiger partial charge in [0.15, 0.2) is 5.65 Å². The van der Waals surface area contributed by atoms with Crippen LogP contribution in [0, 0.1) is 10.1 Å². The second-order valence-corrected chi connectivity index (χ2v) is 7.16. The number of aromatic nitrogens is 4. The number of hydrogen-bond donors (Lipinski definition) is 2. The number of nitrogens with zero attached hydrogens (tertiary/aromatic N) is 5. The van der Waals surface area contributed by atoms with Crippen LogP contribution < -0.4 is 10.2 Å². The summed E-state index contributed by atoms with van der Waals surface area (Å²) in [5, 5.41) is 24.2. The molecule has 0 fully saturated rings. The van der Waals surface area contributed by atoms with Crippen molar-refractivity contribution in [3.63, 3.8) is 0 Å². The van der Waals surface area contributed by atoms with Gasteiger partial charge in [0.1, 0.15) is 17.9 Å². The molecule has 33 heavy (non-hydrogen) atoms. The number of rotatable bonds is 7. The number of hydrogen-bond acceptors (Lipinski definition) is 8. The average Bonchev–Trinajstić information content (AvgIpc) is 3.21. The van der Waals surface area contributed by atoms with E-state index in [1.54, 1.807) is 18.3 Å². The summed E-state index contributed by atoms with van der Waals surface area (Å²) in [5.41, 5.74) is 6.76. The quantitative estimate of drug-likeness (QED) is 0.218. The molecule has 0 saturated heterocycles. The van der Waals surface area contributed by atoms with Gasteiger partial charge in [-0.15, -0.1) is 10.2 Å². The lowest BCUT2D eigenvalue weighted by Gasteiger charge is -2.07. The van der Waals surface area contributed by atoms with Gasteiger partial charge in [0.2, 0.25) is 0 Å². The first-order valence-corrected chi connectivity index (χ1v) is 10.0. The Morgan fingerprint density at radius 1 is 1.06 bits per heavy atom. The maximum Gasteiger partial charge on any atom is 0.269 e. The lowest BCUT2D eigenvalue weighted by Crippen LogP contribution is -1.99. The molecular weight excluding hydrogens is 422 g/mol. The maximum atomic E-state index is 10.7. The zero-order valence-electron chi connectivity index (χ0n) is 17.2. The van der Waals surface area contributed by atoms with Crippen LogP contribution in [0.2, 0.25) is 0 Å². The summed E-state index contributed by atoms with van der Waals surface area (Å²) in [4.78, 5) is 18.0. The number of non-ortho nitro benzene ring substituents is 1. The third-order valence-corrected chi connectivity index (χ3v) is 4.91. The molecule has 0 aliphatic rings. The Hall–Kier alpha value is -4.86. The summed E-state index contributed by atoms with van der Waals surface area (Å²) in [6, 6.07) is 21.4. The van der Waals surface area contributed by atoms with Gasteiger partial charge in [-0.25, -0.2) is 5.43 Å². The molecule has 2 N–H and O–H groups in total. The predicted octanol–water partition coefficient (Wildman–Crippen LogP) is 4.44. The topological polar surface area (TPSA) is 131 Å². The monoisotopic (exact) mass is 439 g/mol. The van der Waals surface area contributed by atoms with Gasteiger partial charge >= 0.3 is 0 Å². The Labute approximate surface area is 187 Å². The lowest BCUT2D eigenvalue weighted by molar-refractivity contribution is -0.384. The highest BCUT2D eigenvalue weighted by Crippen LogP contribution is 2.22. The molecule has 0 atom stereocenters. The van der Waals surface area contributed by atoms with E-state index in [2.05, 4.69) is 30.7 Å². The minimum atomic E-state index is -0.430. The number of nitro groups is 1. The molecule has 3 aromatic carbocycles. The SMILES string of the molecule is O=[N+]([O-])c1ccc(COc2cccc(/C=N/Nc3nnc4c(n3)[nH]c3ccccc34)c2)cc1. The molecule has 0 radical (unpaired) electrons. The van der Waals surface area contributed by atoms with Gasteiger partial charge in [0.25, 0.3) is 11.6 Å². The average molecular weight is 439 g/mol. The van der Waals surface area contributed by atoms with Crippen LogP contribution in [0.3, 0.4) is 0 Å². The Kier molecular flexibility index (Phi) is 5.30. The minimum Gasteiger partial charge on any atom is -0.489 e. The van der Waals surface area contributed by atoms with Crippen molar-refractivity contribution < 1.29 is 9.66 Å². The van der Waals surface area contributed by atoms with Crippen molar-refractivity contribution in [1.82, 2.24) is 20.2 Å². The number of para-hydroxylation sites is 1. The Balaban J connectivity index is 1.23. The van der Waals surface area contributed by atoms with Crippen LogP contribution in [-0.4, -0.2) is 31.3 Å². The molecule has 0 bridgehead atoms. The second-order valence-electron chi connectivity index (χ2n) is 7.16. The van der Waals surface area contributed by atoms with E-state index in [4.69, 9.17) is 4.74 Å². The van der Waals surface area contributed by atoms with Gasteiger partial charge in [-0.1, -0.05) is 30.3 Å². The molecule has 2 heterocycles. The zero-order chi connectivity index (χ0) is 22.6. The summed E-state index contributed by atoms with van der Waals surface area (Å²) < 4.78 is 5.78. The van der Waals surface area contributed by atoms with E-state index in [0.29, 0.717) is 23.5 Å². The number of ether oxygens (including phenoxy) is 1. The van der Waals surface area contributed by atoms with Gasteiger partial charge in [-0.2, -0.15) is 10.1 Å². The van der Waals surface area contributed by atoms with Gasteiger partial charge in [0.05, 0.1) is 11.1 Å². The number of hydrazone groups is 1. The van der Waals surface area contributed by atoms with Crippen molar-refractivity contribution in [1.29, 1.82) is 0 Å². The molecule has 0 saturated carbocycles. The molecule has 0 aliphatic carbocycles. The van der Waals surface area contributed by atoms with Crippen LogP contribution in [-0.2, 0) is 6.61 Å². The first-order valence-electron chi connectivity index (χ1n) is 10.0. The fraction of sp³-hybridized carbons (Fsp3) is 0.0435. The molecule has 5 rings (SSSR count). The van der Waals surface area contributed by atoms with Crippen LogP contribution >= 0.6 is 0 Å². The van der Waals surface area contributed by atoms with Crippen LogP contribution in [0.1, 0.15) is 11.1 Å². The van der Waals surface area contributed by atoms with Crippen molar-refractivity contribution in [2.24, 2.45) is 5.10 Å². The predicted molar refractivity (Wildman–Crippen MR) is 124 cm³/mol. The first-order chi connectivity index (χ1) is 16.2.